The van der Waals surface area contributed by atoms with Gasteiger partial charge in [0.15, 0.2) is 5.78 Å². The lowest BCUT2D eigenvalue weighted by molar-refractivity contribution is -0.134. The minimum atomic E-state index is -1.05. The molecule has 0 radical (unpaired) electrons. The van der Waals surface area contributed by atoms with Crippen molar-refractivity contribution in [1.82, 2.24) is 26.2 Å². The highest BCUT2D eigenvalue weighted by molar-refractivity contribution is 5.98. The van der Waals surface area contributed by atoms with Gasteiger partial charge in [-0.25, -0.2) is 0 Å². The second-order valence-corrected chi connectivity index (χ2v) is 11.3. The topological polar surface area (TPSA) is 168 Å². The average Bonchev–Trinajstić information content (AvgIpc) is 3.60. The number of epoxide rings is 1. The van der Waals surface area contributed by atoms with Crippen molar-refractivity contribution in [2.45, 2.75) is 56.8 Å². The first-order valence-corrected chi connectivity index (χ1v) is 14.3. The minimum Gasteiger partial charge on any atom is -0.497 e. The highest BCUT2D eigenvalue weighted by atomic mass is 16.6. The Bertz CT molecular complexity index is 1150. The zero-order chi connectivity index (χ0) is 30.3. The highest BCUT2D eigenvalue weighted by Crippen LogP contribution is 2.30. The van der Waals surface area contributed by atoms with Gasteiger partial charge in [-0.1, -0.05) is 12.1 Å². The van der Waals surface area contributed by atoms with E-state index in [1.807, 2.05) is 4.90 Å². The van der Waals surface area contributed by atoms with Gasteiger partial charge in [0, 0.05) is 32.5 Å². The van der Waals surface area contributed by atoms with Gasteiger partial charge in [-0.3, -0.25) is 28.9 Å². The molecule has 3 fully saturated rings. The number of Topliss-reactive ketones (excluding diaryl/α,β-unsaturated/α-hetero) is 1. The van der Waals surface area contributed by atoms with E-state index in [0.717, 1.165) is 5.56 Å². The number of hydrogen-bond acceptors (Lipinski definition) is 9. The molecule has 0 bridgehead atoms. The van der Waals surface area contributed by atoms with Crippen LogP contribution in [0.2, 0.25) is 0 Å². The number of nitrogens with zero attached hydrogens (tertiary/aromatic N) is 1. The first-order valence-electron chi connectivity index (χ1n) is 14.3. The molecule has 13 heteroatoms. The summed E-state index contributed by atoms with van der Waals surface area (Å²) < 4.78 is 15.9. The van der Waals surface area contributed by atoms with E-state index in [2.05, 4.69) is 21.3 Å². The van der Waals surface area contributed by atoms with Crippen LogP contribution in [-0.4, -0.2) is 111 Å². The molecule has 0 spiro atoms. The molecule has 3 heterocycles. The lowest BCUT2D eigenvalue weighted by Crippen LogP contribution is -2.57. The number of carbonyl (C=O) groups excluding carboxylic acids is 5. The van der Waals surface area contributed by atoms with Crippen molar-refractivity contribution in [3.05, 3.63) is 29.8 Å². The second-order valence-electron chi connectivity index (χ2n) is 11.3. The highest BCUT2D eigenvalue weighted by Gasteiger charge is 2.50. The summed E-state index contributed by atoms with van der Waals surface area (Å²) in [4.78, 5) is 66.4. The van der Waals surface area contributed by atoms with Gasteiger partial charge in [-0.2, -0.15) is 0 Å². The molecular formula is C29H41N5O8. The van der Waals surface area contributed by atoms with Crippen LogP contribution in [0.4, 0.5) is 0 Å². The van der Waals surface area contributed by atoms with Gasteiger partial charge in [0.25, 0.3) is 0 Å². The third-order valence-corrected chi connectivity index (χ3v) is 7.84. The molecule has 4 rings (SSSR count). The summed E-state index contributed by atoms with van der Waals surface area (Å²) in [5.74, 6) is -1.24. The normalized spacial score (nSPS) is 24.1. The molecule has 3 aliphatic heterocycles. The lowest BCUT2D eigenvalue weighted by Gasteiger charge is -2.27. The van der Waals surface area contributed by atoms with Crippen LogP contribution in [0.25, 0.3) is 0 Å². The Morgan fingerprint density at radius 3 is 2.33 bits per heavy atom. The molecule has 1 aromatic rings. The fourth-order valence-corrected chi connectivity index (χ4v) is 5.11. The Balaban J connectivity index is 1.44. The minimum absolute atomic E-state index is 0.0966. The predicted octanol–water partition coefficient (Wildman–Crippen LogP) is -1.07. The molecule has 42 heavy (non-hydrogen) atoms. The van der Waals surface area contributed by atoms with Crippen LogP contribution >= 0.6 is 0 Å². The van der Waals surface area contributed by atoms with Crippen LogP contribution in [0.3, 0.4) is 0 Å². The van der Waals surface area contributed by atoms with Gasteiger partial charge in [0.05, 0.1) is 39.5 Å². The molecule has 0 saturated carbocycles. The van der Waals surface area contributed by atoms with Gasteiger partial charge in [0.2, 0.25) is 23.6 Å². The standard InChI is InChI=1S/C29H41N5O8/c1-18(31-25(36)16-34-8-10-41-11-9-34)27(38)33-23(12-19-4-6-21(40-3)7-5-19)28(39)32-22(26(37)29(2)17-42-29)13-20-14-24(35)30-15-20/h4-7,18,20,22-23H,8-17H2,1-3H3,(H,30,35)(H,31,36)(H,32,39)(H,33,38). The molecule has 4 N–H and O–H groups in total. The maximum Gasteiger partial charge on any atom is 0.243 e. The van der Waals surface area contributed by atoms with E-state index in [9.17, 15) is 24.0 Å². The number of ether oxygens (including phenoxy) is 3. The number of carbonyl (C=O) groups is 5. The third-order valence-electron chi connectivity index (χ3n) is 7.84. The number of amides is 4. The smallest absolute Gasteiger partial charge is 0.243 e. The van der Waals surface area contributed by atoms with Crippen molar-refractivity contribution in [3.63, 3.8) is 0 Å². The number of hydrogen-bond donors (Lipinski definition) is 4. The fourth-order valence-electron chi connectivity index (χ4n) is 5.11. The third kappa shape index (κ3) is 8.73. The van der Waals surface area contributed by atoms with Crippen molar-refractivity contribution in [3.8, 4) is 5.75 Å². The Labute approximate surface area is 245 Å². The summed E-state index contributed by atoms with van der Waals surface area (Å²) in [7, 11) is 1.55. The van der Waals surface area contributed by atoms with Crippen LogP contribution in [0, 0.1) is 5.92 Å². The van der Waals surface area contributed by atoms with Crippen molar-refractivity contribution in [2.24, 2.45) is 5.92 Å². The van der Waals surface area contributed by atoms with Crippen molar-refractivity contribution in [2.75, 3.05) is 53.1 Å². The van der Waals surface area contributed by atoms with Gasteiger partial charge in [0.1, 0.15) is 23.4 Å². The number of nitrogens with one attached hydrogen (secondary N) is 4. The lowest BCUT2D eigenvalue weighted by atomic mass is 9.91. The van der Waals surface area contributed by atoms with Crippen molar-refractivity contribution < 1.29 is 38.2 Å². The Hall–Kier alpha value is -3.55. The van der Waals surface area contributed by atoms with Gasteiger partial charge >= 0.3 is 0 Å². The Morgan fingerprint density at radius 1 is 1.07 bits per heavy atom. The Morgan fingerprint density at radius 2 is 1.74 bits per heavy atom. The summed E-state index contributed by atoms with van der Waals surface area (Å²) >= 11 is 0. The van der Waals surface area contributed by atoms with E-state index in [-0.39, 0.29) is 55.9 Å². The molecule has 230 valence electrons. The first kappa shape index (κ1) is 31.4. The summed E-state index contributed by atoms with van der Waals surface area (Å²) in [5.41, 5.74) is -0.228. The maximum absolute atomic E-state index is 13.7. The molecule has 3 aliphatic rings. The number of methoxy groups -OCH3 is 1. The summed E-state index contributed by atoms with van der Waals surface area (Å²) in [6.07, 6.45) is 0.665. The van der Waals surface area contributed by atoms with E-state index in [1.165, 1.54) is 0 Å². The number of morpholine rings is 1. The van der Waals surface area contributed by atoms with Crippen LogP contribution in [0.1, 0.15) is 32.3 Å². The van der Waals surface area contributed by atoms with Gasteiger partial charge < -0.3 is 35.5 Å². The quantitative estimate of drug-likeness (QED) is 0.198. The van der Waals surface area contributed by atoms with Crippen LogP contribution in [0.5, 0.6) is 5.75 Å². The van der Waals surface area contributed by atoms with Gasteiger partial charge in [-0.05, 0) is 43.9 Å². The molecule has 4 amide bonds. The largest absolute Gasteiger partial charge is 0.497 e. The number of rotatable bonds is 14. The predicted molar refractivity (Wildman–Crippen MR) is 151 cm³/mol. The van der Waals surface area contributed by atoms with Crippen molar-refractivity contribution in [1.29, 1.82) is 0 Å². The van der Waals surface area contributed by atoms with Crippen molar-refractivity contribution >= 4 is 29.4 Å². The molecule has 3 saturated heterocycles. The zero-order valence-corrected chi connectivity index (χ0v) is 24.4. The molecule has 1 aromatic carbocycles. The fraction of sp³-hybridized carbons (Fsp3) is 0.621. The van der Waals surface area contributed by atoms with Crippen LogP contribution in [-0.2, 0) is 39.9 Å². The maximum atomic E-state index is 13.7. The van der Waals surface area contributed by atoms with E-state index >= 15 is 0 Å². The molecule has 5 atom stereocenters. The van der Waals surface area contributed by atoms with E-state index in [1.54, 1.807) is 45.2 Å². The van der Waals surface area contributed by atoms with Crippen LogP contribution < -0.4 is 26.0 Å². The SMILES string of the molecule is COc1ccc(CC(NC(=O)C(C)NC(=O)CN2CCOCC2)C(=O)NC(CC2CNC(=O)C2)C(=O)C2(C)CO2)cc1. The summed E-state index contributed by atoms with van der Waals surface area (Å²) in [5, 5.41) is 11.1. The monoisotopic (exact) mass is 587 g/mol. The van der Waals surface area contributed by atoms with Gasteiger partial charge in [-0.15, -0.1) is 0 Å². The van der Waals surface area contributed by atoms with Crippen LogP contribution in [0.15, 0.2) is 24.3 Å². The molecule has 0 aliphatic carbocycles. The molecular weight excluding hydrogens is 546 g/mol. The molecule has 0 aromatic heterocycles. The van der Waals surface area contributed by atoms with E-state index < -0.39 is 35.5 Å². The summed E-state index contributed by atoms with van der Waals surface area (Å²) in [6, 6.07) is 4.23. The number of ketones is 1. The van der Waals surface area contributed by atoms with E-state index in [0.29, 0.717) is 38.6 Å². The number of benzene rings is 1. The Kier molecular flexibility index (Phi) is 10.5. The molecule has 13 nitrogen and oxygen atoms in total. The van der Waals surface area contributed by atoms with E-state index in [4.69, 9.17) is 14.2 Å². The summed E-state index contributed by atoms with van der Waals surface area (Å²) in [6.45, 7) is 6.40. The molecule has 5 unspecified atom stereocenters. The average molecular weight is 588 g/mol. The second kappa shape index (κ2) is 14.1. The first-order chi connectivity index (χ1) is 20.1. The zero-order valence-electron chi connectivity index (χ0n) is 24.4.